The lowest BCUT2D eigenvalue weighted by atomic mass is 10.1. The second-order valence-corrected chi connectivity index (χ2v) is 7.54. The second kappa shape index (κ2) is 11.5. The van der Waals surface area contributed by atoms with Gasteiger partial charge in [0.25, 0.3) is 0 Å². The number of hydrogen-bond donors (Lipinski definition) is 3. The molecule has 2 aromatic carbocycles. The SMILES string of the molecule is C#Cc1cccc(Nc2c(C#N)cnc3cc(O)c(NC(=O)/C=C/CN(C)CCOC)cc23)c1. The van der Waals surface area contributed by atoms with Crippen LogP contribution in [0.4, 0.5) is 17.1 Å². The Hall–Kier alpha value is -4.37. The van der Waals surface area contributed by atoms with Crippen molar-refractivity contribution < 1.29 is 14.6 Å². The van der Waals surface area contributed by atoms with Crippen molar-refractivity contribution in [1.29, 1.82) is 5.26 Å². The van der Waals surface area contributed by atoms with Gasteiger partial charge in [0, 0.05) is 55.2 Å². The number of benzene rings is 2. The smallest absolute Gasteiger partial charge is 0.248 e. The predicted molar refractivity (Wildman–Crippen MR) is 133 cm³/mol. The lowest BCUT2D eigenvalue weighted by Gasteiger charge is -2.14. The first-order chi connectivity index (χ1) is 16.4. The number of phenolic OH excluding ortho intramolecular Hbond substituents is 1. The molecule has 0 atom stereocenters. The third-order valence-electron chi connectivity index (χ3n) is 5.03. The molecule has 34 heavy (non-hydrogen) atoms. The van der Waals surface area contributed by atoms with Crippen LogP contribution in [0.2, 0.25) is 0 Å². The molecule has 8 heteroatoms. The Morgan fingerprint density at radius 3 is 2.91 bits per heavy atom. The molecule has 0 aliphatic heterocycles. The van der Waals surface area contributed by atoms with E-state index in [1.54, 1.807) is 31.4 Å². The maximum absolute atomic E-state index is 12.4. The van der Waals surface area contributed by atoms with Gasteiger partial charge in [-0.25, -0.2) is 0 Å². The van der Waals surface area contributed by atoms with Crippen LogP contribution >= 0.6 is 0 Å². The minimum absolute atomic E-state index is 0.135. The number of nitrogens with one attached hydrogen (secondary N) is 2. The number of terminal acetylenes is 1. The number of pyridine rings is 1. The Labute approximate surface area is 198 Å². The largest absolute Gasteiger partial charge is 0.506 e. The van der Waals surface area contributed by atoms with Gasteiger partial charge in [-0.05, 0) is 31.3 Å². The lowest BCUT2D eigenvalue weighted by Crippen LogP contribution is -2.23. The number of aromatic nitrogens is 1. The van der Waals surface area contributed by atoms with Crippen molar-refractivity contribution in [3.8, 4) is 24.2 Å². The molecule has 8 nitrogen and oxygen atoms in total. The third kappa shape index (κ3) is 6.11. The summed E-state index contributed by atoms with van der Waals surface area (Å²) in [5.74, 6) is 2.05. The molecule has 0 unspecified atom stereocenters. The first-order valence-electron chi connectivity index (χ1n) is 10.5. The van der Waals surface area contributed by atoms with Crippen molar-refractivity contribution in [3.63, 3.8) is 0 Å². The third-order valence-corrected chi connectivity index (χ3v) is 5.03. The summed E-state index contributed by atoms with van der Waals surface area (Å²) < 4.78 is 5.03. The summed E-state index contributed by atoms with van der Waals surface area (Å²) in [6.07, 6.45) is 10.0. The van der Waals surface area contributed by atoms with Crippen molar-refractivity contribution in [2.24, 2.45) is 0 Å². The van der Waals surface area contributed by atoms with Gasteiger partial charge in [-0.3, -0.25) is 9.78 Å². The van der Waals surface area contributed by atoms with E-state index in [0.717, 1.165) is 6.54 Å². The highest BCUT2D eigenvalue weighted by molar-refractivity contribution is 6.04. The number of aromatic hydroxyl groups is 1. The monoisotopic (exact) mass is 455 g/mol. The summed E-state index contributed by atoms with van der Waals surface area (Å²) >= 11 is 0. The highest BCUT2D eigenvalue weighted by atomic mass is 16.5. The van der Waals surface area contributed by atoms with E-state index in [0.29, 0.717) is 46.6 Å². The van der Waals surface area contributed by atoms with E-state index >= 15 is 0 Å². The molecule has 0 aliphatic rings. The zero-order chi connectivity index (χ0) is 24.5. The molecule has 1 aromatic heterocycles. The Morgan fingerprint density at radius 1 is 1.35 bits per heavy atom. The van der Waals surface area contributed by atoms with Gasteiger partial charge in [0.15, 0.2) is 0 Å². The molecule has 0 spiro atoms. The maximum atomic E-state index is 12.4. The van der Waals surface area contributed by atoms with Crippen LogP contribution in [0.5, 0.6) is 5.75 Å². The number of methoxy groups -OCH3 is 1. The maximum Gasteiger partial charge on any atom is 0.248 e. The molecule has 172 valence electrons. The van der Waals surface area contributed by atoms with Gasteiger partial charge in [-0.2, -0.15) is 5.26 Å². The number of carbonyl (C=O) groups is 1. The number of ether oxygens (including phenoxy) is 1. The van der Waals surface area contributed by atoms with Crippen LogP contribution in [-0.2, 0) is 9.53 Å². The van der Waals surface area contributed by atoms with Crippen molar-refractivity contribution in [2.75, 3.05) is 44.5 Å². The summed E-state index contributed by atoms with van der Waals surface area (Å²) in [7, 11) is 3.56. The van der Waals surface area contributed by atoms with Crippen molar-refractivity contribution >= 4 is 33.9 Å². The van der Waals surface area contributed by atoms with Crippen LogP contribution in [0.25, 0.3) is 10.9 Å². The van der Waals surface area contributed by atoms with E-state index < -0.39 is 5.91 Å². The Morgan fingerprint density at radius 2 is 2.18 bits per heavy atom. The van der Waals surface area contributed by atoms with Crippen LogP contribution < -0.4 is 10.6 Å². The number of hydrogen-bond acceptors (Lipinski definition) is 7. The number of likely N-dealkylation sites (N-methyl/N-ethyl adjacent to an activating group) is 1. The molecule has 0 radical (unpaired) electrons. The minimum Gasteiger partial charge on any atom is -0.506 e. The zero-order valence-electron chi connectivity index (χ0n) is 19.0. The second-order valence-electron chi connectivity index (χ2n) is 7.54. The number of fused-ring (bicyclic) bond motifs is 1. The molecule has 0 fully saturated rings. The fourth-order valence-electron chi connectivity index (χ4n) is 3.23. The standard InChI is InChI=1S/C26H25N5O3/c1-4-18-7-5-8-20(13-18)29-26-19(16-27)17-28-22-15-24(32)23(14-21(22)26)30-25(33)9-6-10-31(2)11-12-34-3/h1,5-9,13-15,17,32H,10-12H2,2-3H3,(H,28,29)(H,30,33)/b9-6+. The van der Waals surface area contributed by atoms with E-state index in [-0.39, 0.29) is 11.4 Å². The Bertz CT molecular complexity index is 1300. The van der Waals surface area contributed by atoms with Gasteiger partial charge in [-0.1, -0.05) is 18.1 Å². The molecule has 0 bridgehead atoms. The van der Waals surface area contributed by atoms with E-state index in [4.69, 9.17) is 11.2 Å². The molecule has 3 aromatic rings. The quantitative estimate of drug-likeness (QED) is 0.257. The van der Waals surface area contributed by atoms with Crippen LogP contribution in [-0.4, -0.2) is 54.8 Å². The molecule has 0 aliphatic carbocycles. The number of anilines is 3. The summed E-state index contributed by atoms with van der Waals surface area (Å²) in [6, 6.07) is 12.4. The molecule has 0 saturated carbocycles. The Kier molecular flexibility index (Phi) is 8.20. The van der Waals surface area contributed by atoms with Gasteiger partial charge < -0.3 is 25.4 Å². The molecular weight excluding hydrogens is 430 g/mol. The van der Waals surface area contributed by atoms with Crippen molar-refractivity contribution in [2.45, 2.75) is 0 Å². The van der Waals surface area contributed by atoms with Crippen molar-refractivity contribution in [3.05, 3.63) is 65.9 Å². The van der Waals surface area contributed by atoms with Gasteiger partial charge in [0.1, 0.15) is 11.8 Å². The number of carbonyl (C=O) groups excluding carboxylic acids is 1. The van der Waals surface area contributed by atoms with Gasteiger partial charge in [-0.15, -0.1) is 6.42 Å². The molecular formula is C26H25N5O3. The summed E-state index contributed by atoms with van der Waals surface area (Å²) in [5, 5.41) is 26.5. The summed E-state index contributed by atoms with van der Waals surface area (Å²) in [5.41, 5.74) is 2.84. The summed E-state index contributed by atoms with van der Waals surface area (Å²) in [4.78, 5) is 18.7. The molecule has 1 heterocycles. The van der Waals surface area contributed by atoms with Crippen LogP contribution in [0.15, 0.2) is 54.7 Å². The average Bonchev–Trinajstić information content (AvgIpc) is 2.83. The van der Waals surface area contributed by atoms with Crippen LogP contribution in [0, 0.1) is 23.7 Å². The number of nitriles is 1. The fourth-order valence-corrected chi connectivity index (χ4v) is 3.23. The Balaban J connectivity index is 1.88. The number of amides is 1. The molecule has 3 rings (SSSR count). The van der Waals surface area contributed by atoms with E-state index in [1.807, 2.05) is 24.1 Å². The average molecular weight is 456 g/mol. The van der Waals surface area contributed by atoms with Gasteiger partial charge in [0.2, 0.25) is 5.91 Å². The van der Waals surface area contributed by atoms with Crippen LogP contribution in [0.3, 0.4) is 0 Å². The minimum atomic E-state index is -0.393. The van der Waals surface area contributed by atoms with Gasteiger partial charge in [0.05, 0.1) is 29.1 Å². The first-order valence-corrected chi connectivity index (χ1v) is 10.5. The predicted octanol–water partition coefficient (Wildman–Crippen LogP) is 3.61. The number of nitrogens with zero attached hydrogens (tertiary/aromatic N) is 3. The van der Waals surface area contributed by atoms with Crippen LogP contribution in [0.1, 0.15) is 11.1 Å². The first kappa shape index (κ1) is 24.3. The number of rotatable bonds is 9. The summed E-state index contributed by atoms with van der Waals surface area (Å²) in [6.45, 7) is 1.91. The lowest BCUT2D eigenvalue weighted by molar-refractivity contribution is -0.111. The molecule has 3 N–H and O–H groups in total. The van der Waals surface area contributed by atoms with E-state index in [2.05, 4.69) is 27.6 Å². The normalized spacial score (nSPS) is 10.9. The van der Waals surface area contributed by atoms with Crippen molar-refractivity contribution in [1.82, 2.24) is 9.88 Å². The van der Waals surface area contributed by atoms with Gasteiger partial charge >= 0.3 is 0 Å². The number of phenols is 1. The van der Waals surface area contributed by atoms with E-state index in [9.17, 15) is 15.2 Å². The highest BCUT2D eigenvalue weighted by Gasteiger charge is 2.14. The zero-order valence-corrected chi connectivity index (χ0v) is 19.0. The van der Waals surface area contributed by atoms with E-state index in [1.165, 1.54) is 18.3 Å². The fraction of sp³-hybridized carbons (Fsp3) is 0.192. The molecule has 1 amide bonds. The molecule has 0 saturated heterocycles. The highest BCUT2D eigenvalue weighted by Crippen LogP contribution is 2.35. The topological polar surface area (TPSA) is 111 Å².